The maximum absolute atomic E-state index is 13.6. The Morgan fingerprint density at radius 1 is 1.29 bits per heavy atom. The van der Waals surface area contributed by atoms with E-state index in [1.54, 1.807) is 0 Å². The van der Waals surface area contributed by atoms with Crippen LogP contribution in [0.5, 0.6) is 0 Å². The largest absolute Gasteiger partial charge is 0.462 e. The van der Waals surface area contributed by atoms with Crippen molar-refractivity contribution in [1.29, 1.82) is 0 Å². The number of esters is 1. The Labute approximate surface area is 119 Å². The number of ketones is 1. The minimum Gasteiger partial charge on any atom is -0.462 e. The Morgan fingerprint density at radius 3 is 2.43 bits per heavy atom. The van der Waals surface area contributed by atoms with Crippen LogP contribution in [0.1, 0.15) is 24.2 Å². The summed E-state index contributed by atoms with van der Waals surface area (Å²) in [6.07, 6.45) is 1.07. The highest BCUT2D eigenvalue weighted by atomic mass is 19.2. The van der Waals surface area contributed by atoms with Crippen molar-refractivity contribution >= 4 is 11.8 Å². The maximum atomic E-state index is 13.6. The van der Waals surface area contributed by atoms with Gasteiger partial charge < -0.3 is 10.5 Å². The molecular weight excluding hydrogens is 287 g/mol. The second-order valence-corrected chi connectivity index (χ2v) is 4.21. The second kappa shape index (κ2) is 7.03. The molecule has 0 aliphatic rings. The Bertz CT molecular complexity index is 597. The summed E-state index contributed by atoms with van der Waals surface area (Å²) in [5.74, 6) is -7.02. The molecule has 0 aliphatic heterocycles. The zero-order valence-corrected chi connectivity index (χ0v) is 11.5. The van der Waals surface area contributed by atoms with Crippen LogP contribution in [0, 0.1) is 17.5 Å². The average molecular weight is 301 g/mol. The molecule has 0 aromatic heterocycles. The zero-order valence-electron chi connectivity index (χ0n) is 11.5. The molecule has 0 spiro atoms. The normalized spacial score (nSPS) is 13.0. The number of halogens is 3. The SMILES string of the molecule is CCOC(=O)C(=CC(C)N)C(=O)c1ccc(F)c(F)c1F. The molecule has 1 aromatic carbocycles. The van der Waals surface area contributed by atoms with Crippen LogP contribution in [-0.4, -0.2) is 24.4 Å². The third kappa shape index (κ3) is 3.91. The molecular formula is C14H14F3NO3. The van der Waals surface area contributed by atoms with Crippen molar-refractivity contribution in [3.05, 3.63) is 46.8 Å². The minimum absolute atomic E-state index is 0.0112. The maximum Gasteiger partial charge on any atom is 0.341 e. The van der Waals surface area contributed by atoms with E-state index in [4.69, 9.17) is 5.73 Å². The van der Waals surface area contributed by atoms with Crippen molar-refractivity contribution in [2.24, 2.45) is 5.73 Å². The van der Waals surface area contributed by atoms with Gasteiger partial charge in [-0.15, -0.1) is 0 Å². The van der Waals surface area contributed by atoms with Crippen molar-refractivity contribution < 1.29 is 27.5 Å². The van der Waals surface area contributed by atoms with E-state index in [9.17, 15) is 22.8 Å². The van der Waals surface area contributed by atoms with Crippen molar-refractivity contribution in [1.82, 2.24) is 0 Å². The molecule has 1 atom stereocenters. The number of hydrogen-bond acceptors (Lipinski definition) is 4. The lowest BCUT2D eigenvalue weighted by Crippen LogP contribution is -2.22. The van der Waals surface area contributed by atoms with Crippen molar-refractivity contribution in [2.75, 3.05) is 6.61 Å². The van der Waals surface area contributed by atoms with Crippen LogP contribution in [0.2, 0.25) is 0 Å². The van der Waals surface area contributed by atoms with Crippen LogP contribution in [0.4, 0.5) is 13.2 Å². The smallest absolute Gasteiger partial charge is 0.341 e. The highest BCUT2D eigenvalue weighted by Gasteiger charge is 2.26. The number of carbonyl (C=O) groups is 2. The van der Waals surface area contributed by atoms with Crippen molar-refractivity contribution in [3.63, 3.8) is 0 Å². The monoisotopic (exact) mass is 301 g/mol. The molecule has 0 heterocycles. The van der Waals surface area contributed by atoms with Gasteiger partial charge in [-0.3, -0.25) is 4.79 Å². The Hall–Kier alpha value is -2.15. The average Bonchev–Trinajstić information content (AvgIpc) is 2.41. The van der Waals surface area contributed by atoms with E-state index < -0.39 is 46.4 Å². The van der Waals surface area contributed by atoms with E-state index >= 15 is 0 Å². The van der Waals surface area contributed by atoms with Gasteiger partial charge in [0.2, 0.25) is 5.78 Å². The number of Topliss-reactive ketones (excluding diaryl/α,β-unsaturated/α-hetero) is 1. The van der Waals surface area contributed by atoms with Crippen LogP contribution < -0.4 is 5.73 Å². The summed E-state index contributed by atoms with van der Waals surface area (Å²) in [4.78, 5) is 23.8. The van der Waals surface area contributed by atoms with Gasteiger partial charge in [-0.05, 0) is 32.1 Å². The summed E-state index contributed by atoms with van der Waals surface area (Å²) < 4.78 is 44.3. The van der Waals surface area contributed by atoms with E-state index in [-0.39, 0.29) is 6.61 Å². The molecule has 0 saturated heterocycles. The third-order valence-corrected chi connectivity index (χ3v) is 2.45. The lowest BCUT2D eigenvalue weighted by atomic mass is 10.0. The number of hydrogen-bond donors (Lipinski definition) is 1. The summed E-state index contributed by atoms with van der Waals surface area (Å²) in [5.41, 5.74) is 4.17. The summed E-state index contributed by atoms with van der Waals surface area (Å²) >= 11 is 0. The molecule has 114 valence electrons. The Kier molecular flexibility index (Phi) is 5.66. The van der Waals surface area contributed by atoms with Gasteiger partial charge in [-0.25, -0.2) is 18.0 Å². The molecule has 4 nitrogen and oxygen atoms in total. The van der Waals surface area contributed by atoms with Gasteiger partial charge in [0.05, 0.1) is 12.2 Å². The quantitative estimate of drug-likeness (QED) is 0.226. The van der Waals surface area contributed by atoms with Crippen LogP contribution in [-0.2, 0) is 9.53 Å². The molecule has 0 bridgehead atoms. The molecule has 1 unspecified atom stereocenters. The van der Waals surface area contributed by atoms with E-state index in [1.807, 2.05) is 0 Å². The van der Waals surface area contributed by atoms with Gasteiger partial charge in [-0.2, -0.15) is 0 Å². The van der Waals surface area contributed by atoms with E-state index in [0.29, 0.717) is 6.07 Å². The van der Waals surface area contributed by atoms with Crippen LogP contribution in [0.15, 0.2) is 23.8 Å². The van der Waals surface area contributed by atoms with Gasteiger partial charge in [0.25, 0.3) is 0 Å². The number of benzene rings is 1. The van der Waals surface area contributed by atoms with E-state index in [2.05, 4.69) is 4.74 Å². The van der Waals surface area contributed by atoms with Crippen LogP contribution in [0.3, 0.4) is 0 Å². The van der Waals surface area contributed by atoms with Gasteiger partial charge in [0, 0.05) is 6.04 Å². The standard InChI is InChI=1S/C14H14F3NO3/c1-3-21-14(20)9(6-7(2)18)13(19)8-4-5-10(15)12(17)11(8)16/h4-7H,3,18H2,1-2H3. The minimum atomic E-state index is -1.79. The molecule has 0 radical (unpaired) electrons. The van der Waals surface area contributed by atoms with Crippen molar-refractivity contribution in [2.45, 2.75) is 19.9 Å². The lowest BCUT2D eigenvalue weighted by molar-refractivity contribution is -0.138. The lowest BCUT2D eigenvalue weighted by Gasteiger charge is -2.09. The third-order valence-electron chi connectivity index (χ3n) is 2.45. The van der Waals surface area contributed by atoms with Gasteiger partial charge >= 0.3 is 5.97 Å². The summed E-state index contributed by atoms with van der Waals surface area (Å²) in [6.45, 7) is 2.99. The predicted molar refractivity (Wildman–Crippen MR) is 69.0 cm³/mol. The molecule has 0 aliphatic carbocycles. The van der Waals surface area contributed by atoms with Crippen LogP contribution in [0.25, 0.3) is 0 Å². The van der Waals surface area contributed by atoms with Gasteiger partial charge in [-0.1, -0.05) is 0 Å². The Morgan fingerprint density at radius 2 is 1.90 bits per heavy atom. The fraction of sp³-hybridized carbons (Fsp3) is 0.286. The first kappa shape index (κ1) is 16.9. The first-order valence-corrected chi connectivity index (χ1v) is 6.12. The molecule has 0 amide bonds. The fourth-order valence-corrected chi connectivity index (χ4v) is 1.55. The van der Waals surface area contributed by atoms with Gasteiger partial charge in [0.15, 0.2) is 17.5 Å². The highest BCUT2D eigenvalue weighted by molar-refractivity contribution is 6.24. The second-order valence-electron chi connectivity index (χ2n) is 4.21. The molecule has 1 aromatic rings. The first-order valence-electron chi connectivity index (χ1n) is 6.12. The van der Waals surface area contributed by atoms with Crippen LogP contribution >= 0.6 is 0 Å². The fourth-order valence-electron chi connectivity index (χ4n) is 1.55. The molecule has 0 saturated carbocycles. The van der Waals surface area contributed by atoms with E-state index in [1.165, 1.54) is 13.8 Å². The molecule has 2 N–H and O–H groups in total. The molecule has 7 heteroatoms. The predicted octanol–water partition coefficient (Wildman–Crippen LogP) is 2.12. The molecule has 21 heavy (non-hydrogen) atoms. The van der Waals surface area contributed by atoms with E-state index in [0.717, 1.165) is 12.1 Å². The number of nitrogens with two attached hydrogens (primary N) is 1. The Balaban J connectivity index is 3.30. The zero-order chi connectivity index (χ0) is 16.2. The topological polar surface area (TPSA) is 69.4 Å². The van der Waals surface area contributed by atoms with Gasteiger partial charge in [0.1, 0.15) is 5.57 Å². The molecule has 1 rings (SSSR count). The number of rotatable bonds is 5. The number of ether oxygens (including phenoxy) is 1. The molecule has 0 fully saturated rings. The first-order chi connectivity index (χ1) is 9.79. The summed E-state index contributed by atoms with van der Waals surface area (Å²) in [7, 11) is 0. The summed E-state index contributed by atoms with van der Waals surface area (Å²) in [6, 6.07) is 0.659. The van der Waals surface area contributed by atoms with Crippen molar-refractivity contribution in [3.8, 4) is 0 Å². The number of carbonyl (C=O) groups excluding carboxylic acids is 2. The highest BCUT2D eigenvalue weighted by Crippen LogP contribution is 2.19. The summed E-state index contributed by atoms with van der Waals surface area (Å²) in [5, 5.41) is 0.